The van der Waals surface area contributed by atoms with Crippen molar-refractivity contribution in [3.8, 4) is 5.75 Å². The van der Waals surface area contributed by atoms with Crippen LogP contribution < -0.4 is 20.3 Å². The molecule has 1 aliphatic heterocycles. The first-order valence-electron chi connectivity index (χ1n) is 11.3. The Balaban J connectivity index is 0.00000385. The van der Waals surface area contributed by atoms with Crippen molar-refractivity contribution in [1.29, 1.82) is 0 Å². The molecule has 2 N–H and O–H groups in total. The van der Waals surface area contributed by atoms with Gasteiger partial charge in [-0.25, -0.2) is 0 Å². The summed E-state index contributed by atoms with van der Waals surface area (Å²) in [7, 11) is 3.49. The van der Waals surface area contributed by atoms with Crippen molar-refractivity contribution in [2.75, 3.05) is 58.6 Å². The largest absolute Gasteiger partial charge is 0.493 e. The number of methoxy groups -OCH3 is 1. The molecule has 0 bridgehead atoms. The van der Waals surface area contributed by atoms with E-state index in [9.17, 15) is 0 Å². The molecule has 0 unspecified atom stereocenters. The second-order valence-electron chi connectivity index (χ2n) is 7.85. The summed E-state index contributed by atoms with van der Waals surface area (Å²) in [6.45, 7) is 8.24. The third kappa shape index (κ3) is 9.02. The second-order valence-corrected chi connectivity index (χ2v) is 7.85. The van der Waals surface area contributed by atoms with Crippen LogP contribution in [-0.4, -0.2) is 59.6 Å². The molecule has 1 saturated heterocycles. The highest BCUT2D eigenvalue weighted by molar-refractivity contribution is 14.0. The van der Waals surface area contributed by atoms with E-state index in [2.05, 4.69) is 69.9 Å². The van der Waals surface area contributed by atoms with Crippen molar-refractivity contribution in [2.45, 2.75) is 26.4 Å². The van der Waals surface area contributed by atoms with Crippen LogP contribution >= 0.6 is 24.0 Å². The molecule has 8 heteroatoms. The van der Waals surface area contributed by atoms with Crippen molar-refractivity contribution in [3.05, 3.63) is 59.2 Å². The topological polar surface area (TPSA) is 67.4 Å². The van der Waals surface area contributed by atoms with Gasteiger partial charge in [-0.05, 0) is 36.2 Å². The van der Waals surface area contributed by atoms with Crippen molar-refractivity contribution >= 4 is 35.6 Å². The highest BCUT2D eigenvalue weighted by Crippen LogP contribution is 2.21. The maximum atomic E-state index is 5.98. The van der Waals surface area contributed by atoms with Crippen LogP contribution in [0.15, 0.2) is 47.5 Å². The quantitative estimate of drug-likeness (QED) is 0.197. The fourth-order valence-electron chi connectivity index (χ4n) is 3.56. The van der Waals surface area contributed by atoms with Gasteiger partial charge < -0.3 is 29.7 Å². The Labute approximate surface area is 214 Å². The minimum absolute atomic E-state index is 0. The van der Waals surface area contributed by atoms with Crippen molar-refractivity contribution in [3.63, 3.8) is 0 Å². The number of aryl methyl sites for hydroxylation is 1. The Morgan fingerprint density at radius 2 is 1.76 bits per heavy atom. The lowest BCUT2D eigenvalue weighted by atomic mass is 10.1. The van der Waals surface area contributed by atoms with E-state index in [-0.39, 0.29) is 24.0 Å². The molecule has 1 fully saturated rings. The lowest BCUT2D eigenvalue weighted by Crippen LogP contribution is -2.36. The Bertz CT molecular complexity index is 855. The molecular formula is C25H37IN4O3. The molecule has 2 aromatic carbocycles. The van der Waals surface area contributed by atoms with Gasteiger partial charge in [0.15, 0.2) is 5.96 Å². The first-order chi connectivity index (χ1) is 15.7. The smallest absolute Gasteiger partial charge is 0.191 e. The number of benzene rings is 2. The average molecular weight is 569 g/mol. The summed E-state index contributed by atoms with van der Waals surface area (Å²) in [6.07, 6.45) is 0.866. The zero-order valence-electron chi connectivity index (χ0n) is 19.9. The fourth-order valence-corrected chi connectivity index (χ4v) is 3.56. The van der Waals surface area contributed by atoms with Gasteiger partial charge in [-0.2, -0.15) is 0 Å². The summed E-state index contributed by atoms with van der Waals surface area (Å²) in [6, 6.07) is 15.0. The van der Waals surface area contributed by atoms with Crippen LogP contribution in [-0.2, 0) is 22.6 Å². The zero-order valence-corrected chi connectivity index (χ0v) is 22.3. The van der Waals surface area contributed by atoms with Gasteiger partial charge in [-0.1, -0.05) is 24.3 Å². The van der Waals surface area contributed by atoms with Gasteiger partial charge in [0.25, 0.3) is 0 Å². The van der Waals surface area contributed by atoms with E-state index in [0.717, 1.165) is 50.0 Å². The van der Waals surface area contributed by atoms with Crippen molar-refractivity contribution in [1.82, 2.24) is 10.6 Å². The maximum Gasteiger partial charge on any atom is 0.191 e. The Morgan fingerprint density at radius 1 is 1.03 bits per heavy atom. The monoisotopic (exact) mass is 568 g/mol. The number of nitrogens with one attached hydrogen (secondary N) is 2. The number of halogens is 1. The Morgan fingerprint density at radius 3 is 2.45 bits per heavy atom. The third-order valence-electron chi connectivity index (χ3n) is 5.42. The van der Waals surface area contributed by atoms with Gasteiger partial charge in [-0.15, -0.1) is 24.0 Å². The average Bonchev–Trinajstić information content (AvgIpc) is 2.84. The number of guanidine groups is 1. The molecule has 182 valence electrons. The highest BCUT2D eigenvalue weighted by Gasteiger charge is 2.11. The number of hydrogen-bond donors (Lipinski definition) is 2. The maximum absolute atomic E-state index is 5.98. The van der Waals surface area contributed by atoms with Crippen LogP contribution in [0.4, 0.5) is 5.69 Å². The molecule has 0 aliphatic carbocycles. The van der Waals surface area contributed by atoms with Gasteiger partial charge in [0.2, 0.25) is 0 Å². The van der Waals surface area contributed by atoms with Gasteiger partial charge in [0, 0.05) is 64.6 Å². The first-order valence-corrected chi connectivity index (χ1v) is 11.3. The highest BCUT2D eigenvalue weighted by atomic mass is 127. The van der Waals surface area contributed by atoms with E-state index < -0.39 is 0 Å². The molecule has 1 aliphatic rings. The van der Waals surface area contributed by atoms with Crippen LogP contribution in [0.3, 0.4) is 0 Å². The predicted octanol–water partition coefficient (Wildman–Crippen LogP) is 3.73. The summed E-state index contributed by atoms with van der Waals surface area (Å²) >= 11 is 0. The van der Waals surface area contributed by atoms with E-state index in [1.54, 1.807) is 14.2 Å². The number of aliphatic imine (C=N–C) groups is 1. The molecule has 3 rings (SSSR count). The molecule has 33 heavy (non-hydrogen) atoms. The van der Waals surface area contributed by atoms with Gasteiger partial charge >= 0.3 is 0 Å². The molecular weight excluding hydrogens is 531 g/mol. The van der Waals surface area contributed by atoms with E-state index >= 15 is 0 Å². The number of hydrogen-bond acceptors (Lipinski definition) is 5. The van der Waals surface area contributed by atoms with Gasteiger partial charge in [0.1, 0.15) is 5.75 Å². The summed E-state index contributed by atoms with van der Waals surface area (Å²) in [5.74, 6) is 1.66. The molecule has 0 aromatic heterocycles. The molecule has 1 heterocycles. The minimum Gasteiger partial charge on any atom is -0.493 e. The van der Waals surface area contributed by atoms with E-state index in [1.165, 1.54) is 16.8 Å². The second kappa shape index (κ2) is 15.0. The molecule has 0 amide bonds. The van der Waals surface area contributed by atoms with Crippen LogP contribution in [0.5, 0.6) is 5.75 Å². The zero-order chi connectivity index (χ0) is 22.6. The number of morpholine rings is 1. The van der Waals surface area contributed by atoms with Gasteiger partial charge in [-0.3, -0.25) is 4.99 Å². The predicted molar refractivity (Wildman–Crippen MR) is 145 cm³/mol. The van der Waals surface area contributed by atoms with Crippen molar-refractivity contribution < 1.29 is 14.2 Å². The molecule has 0 saturated carbocycles. The molecule has 0 spiro atoms. The molecule has 0 radical (unpaired) electrons. The summed E-state index contributed by atoms with van der Waals surface area (Å²) in [5.41, 5.74) is 4.74. The minimum atomic E-state index is 0. The Kier molecular flexibility index (Phi) is 12.3. The standard InChI is InChI=1S/C25H36N4O3.HI/c1-20-5-8-22(24(17-20)32-14-4-13-30-3)19-28-25(26-2)27-18-21-6-9-23(10-7-21)29-11-15-31-16-12-29;/h5-10,17H,4,11-16,18-19H2,1-3H3,(H2,26,27,28);1H. The fraction of sp³-hybridized carbons (Fsp3) is 0.480. The van der Waals surface area contributed by atoms with Crippen molar-refractivity contribution in [2.24, 2.45) is 4.99 Å². The van der Waals surface area contributed by atoms with Crippen LogP contribution in [0.25, 0.3) is 0 Å². The lowest BCUT2D eigenvalue weighted by Gasteiger charge is -2.28. The lowest BCUT2D eigenvalue weighted by molar-refractivity contribution is 0.122. The summed E-state index contributed by atoms with van der Waals surface area (Å²) in [5, 5.41) is 6.79. The van der Waals surface area contributed by atoms with E-state index in [1.807, 2.05) is 0 Å². The van der Waals surface area contributed by atoms with E-state index in [0.29, 0.717) is 26.3 Å². The summed E-state index contributed by atoms with van der Waals surface area (Å²) in [4.78, 5) is 6.72. The number of nitrogens with zero attached hydrogens (tertiary/aromatic N) is 2. The van der Waals surface area contributed by atoms with E-state index in [4.69, 9.17) is 14.2 Å². The third-order valence-corrected chi connectivity index (χ3v) is 5.42. The molecule has 7 nitrogen and oxygen atoms in total. The van der Waals surface area contributed by atoms with Crippen LogP contribution in [0.1, 0.15) is 23.1 Å². The van der Waals surface area contributed by atoms with Crippen LogP contribution in [0.2, 0.25) is 0 Å². The Hall–Kier alpha value is -2.04. The molecule has 2 aromatic rings. The number of rotatable bonds is 10. The van der Waals surface area contributed by atoms with Gasteiger partial charge in [0.05, 0.1) is 19.8 Å². The SMILES string of the molecule is CN=C(NCc1ccc(N2CCOCC2)cc1)NCc1ccc(C)cc1OCCCOC.I. The number of ether oxygens (including phenoxy) is 3. The normalized spacial score (nSPS) is 13.9. The summed E-state index contributed by atoms with van der Waals surface area (Å²) < 4.78 is 16.5. The first kappa shape index (κ1) is 27.2. The molecule has 0 atom stereocenters. The number of anilines is 1. The van der Waals surface area contributed by atoms with Crippen LogP contribution in [0, 0.1) is 6.92 Å².